The summed E-state index contributed by atoms with van der Waals surface area (Å²) in [6.07, 6.45) is 1.63. The molecule has 1 aliphatic rings. The van der Waals surface area contributed by atoms with Gasteiger partial charge < -0.3 is 10.0 Å². The van der Waals surface area contributed by atoms with Crippen LogP contribution in [0, 0.1) is 5.92 Å². The summed E-state index contributed by atoms with van der Waals surface area (Å²) in [7, 11) is 0. The number of aliphatic carboxylic acids is 1. The van der Waals surface area contributed by atoms with Crippen LogP contribution in [0.2, 0.25) is 0 Å². The molecule has 1 atom stereocenters. The van der Waals surface area contributed by atoms with Gasteiger partial charge in [-0.15, -0.1) is 11.3 Å². The van der Waals surface area contributed by atoms with E-state index in [4.69, 9.17) is 5.11 Å². The van der Waals surface area contributed by atoms with Gasteiger partial charge in [0.1, 0.15) is 5.69 Å². The number of nitrogens with zero attached hydrogens (tertiary/aromatic N) is 2. The first-order valence-corrected chi connectivity index (χ1v) is 8.37. The fraction of sp³-hybridized carbons (Fsp3) is 0.667. The van der Waals surface area contributed by atoms with Gasteiger partial charge in [-0.1, -0.05) is 13.8 Å². The summed E-state index contributed by atoms with van der Waals surface area (Å²) in [5.41, 5.74) is 0.160. The molecule has 22 heavy (non-hydrogen) atoms. The number of likely N-dealkylation sites (tertiary alicyclic amines) is 1. The molecule has 7 heteroatoms. The van der Waals surface area contributed by atoms with E-state index in [2.05, 4.69) is 24.1 Å². The largest absolute Gasteiger partial charge is 0.480 e. The fourth-order valence-corrected chi connectivity index (χ4v) is 3.56. The first-order valence-electron chi connectivity index (χ1n) is 7.49. The van der Waals surface area contributed by atoms with Crippen molar-refractivity contribution in [1.82, 2.24) is 15.2 Å². The molecule has 0 aromatic carbocycles. The third kappa shape index (κ3) is 4.27. The second kappa shape index (κ2) is 6.75. The average Bonchev–Trinajstić information content (AvgIpc) is 3.03. The highest BCUT2D eigenvalue weighted by molar-refractivity contribution is 7.09. The Morgan fingerprint density at radius 2 is 2.27 bits per heavy atom. The van der Waals surface area contributed by atoms with Crippen molar-refractivity contribution < 1.29 is 14.7 Å². The van der Waals surface area contributed by atoms with Gasteiger partial charge in [-0.3, -0.25) is 14.9 Å². The Bertz CT molecular complexity index is 558. The van der Waals surface area contributed by atoms with Gasteiger partial charge in [0.15, 0.2) is 0 Å². The van der Waals surface area contributed by atoms with Crippen molar-refractivity contribution in [2.75, 3.05) is 19.6 Å². The zero-order valence-electron chi connectivity index (χ0n) is 13.3. The minimum Gasteiger partial charge on any atom is -0.480 e. The number of amides is 1. The summed E-state index contributed by atoms with van der Waals surface area (Å²) in [6, 6.07) is 0. The number of thiazole rings is 1. The standard InChI is InChI=1S/C15H23N3O3S/c1-10(2)6-12-17-11(8-22-12)14(21)18-5-4-15(3,9-18)16-7-13(19)20/h8,10,16H,4-7,9H2,1-3H3,(H,19,20)/t15-/m1/s1. The molecule has 2 heterocycles. The Hall–Kier alpha value is -1.47. The van der Waals surface area contributed by atoms with Crippen molar-refractivity contribution in [2.45, 2.75) is 39.2 Å². The lowest BCUT2D eigenvalue weighted by Crippen LogP contribution is -2.47. The van der Waals surface area contributed by atoms with E-state index in [-0.39, 0.29) is 18.0 Å². The van der Waals surface area contributed by atoms with Crippen LogP contribution in [-0.2, 0) is 11.2 Å². The molecule has 2 N–H and O–H groups in total. The van der Waals surface area contributed by atoms with Crippen molar-refractivity contribution in [3.63, 3.8) is 0 Å². The molecule has 0 radical (unpaired) electrons. The molecule has 0 saturated carbocycles. The summed E-state index contributed by atoms with van der Waals surface area (Å²) in [5.74, 6) is -0.430. The third-order valence-corrected chi connectivity index (χ3v) is 4.65. The van der Waals surface area contributed by atoms with Crippen LogP contribution < -0.4 is 5.32 Å². The molecular formula is C15H23N3O3S. The van der Waals surface area contributed by atoms with Crippen LogP contribution in [0.15, 0.2) is 5.38 Å². The number of carboxylic acids is 1. The van der Waals surface area contributed by atoms with Crippen LogP contribution in [0.3, 0.4) is 0 Å². The van der Waals surface area contributed by atoms with Gasteiger partial charge in [-0.05, 0) is 19.3 Å². The lowest BCUT2D eigenvalue weighted by atomic mass is 10.0. The van der Waals surface area contributed by atoms with Gasteiger partial charge in [0.2, 0.25) is 0 Å². The van der Waals surface area contributed by atoms with Crippen molar-refractivity contribution in [3.8, 4) is 0 Å². The van der Waals surface area contributed by atoms with Crippen molar-refractivity contribution >= 4 is 23.2 Å². The molecule has 0 unspecified atom stereocenters. The predicted molar refractivity (Wildman–Crippen MR) is 85.2 cm³/mol. The maximum Gasteiger partial charge on any atom is 0.317 e. The van der Waals surface area contributed by atoms with Gasteiger partial charge in [0.05, 0.1) is 11.6 Å². The SMILES string of the molecule is CC(C)Cc1nc(C(=O)N2CC[C@@](C)(NCC(=O)O)C2)cs1. The monoisotopic (exact) mass is 325 g/mol. The van der Waals surface area contributed by atoms with Crippen molar-refractivity contribution in [3.05, 3.63) is 16.1 Å². The highest BCUT2D eigenvalue weighted by Gasteiger charge is 2.36. The summed E-state index contributed by atoms with van der Waals surface area (Å²) < 4.78 is 0. The normalized spacial score (nSPS) is 21.5. The summed E-state index contributed by atoms with van der Waals surface area (Å²) in [4.78, 5) is 29.4. The van der Waals surface area contributed by atoms with E-state index in [9.17, 15) is 9.59 Å². The minimum atomic E-state index is -0.885. The van der Waals surface area contributed by atoms with Crippen LogP contribution in [0.5, 0.6) is 0 Å². The molecule has 2 rings (SSSR count). The second-order valence-corrected chi connectivity index (χ2v) is 7.45. The molecular weight excluding hydrogens is 302 g/mol. The molecule has 1 aliphatic heterocycles. The maximum atomic E-state index is 12.5. The summed E-state index contributed by atoms with van der Waals surface area (Å²) in [5, 5.41) is 14.6. The lowest BCUT2D eigenvalue weighted by molar-refractivity contribution is -0.136. The molecule has 122 valence electrons. The van der Waals surface area contributed by atoms with Crippen LogP contribution in [-0.4, -0.2) is 52.0 Å². The molecule has 1 aromatic heterocycles. The smallest absolute Gasteiger partial charge is 0.317 e. The maximum absolute atomic E-state index is 12.5. The first kappa shape index (κ1) is 16.9. The Balaban J connectivity index is 1.96. The highest BCUT2D eigenvalue weighted by atomic mass is 32.1. The van der Waals surface area contributed by atoms with Crippen LogP contribution in [0.25, 0.3) is 0 Å². The van der Waals surface area contributed by atoms with Crippen LogP contribution in [0.1, 0.15) is 42.7 Å². The second-order valence-electron chi connectivity index (χ2n) is 6.51. The fourth-order valence-electron chi connectivity index (χ4n) is 2.58. The molecule has 1 amide bonds. The molecule has 0 aliphatic carbocycles. The minimum absolute atomic E-state index is 0.0629. The number of aromatic nitrogens is 1. The van der Waals surface area contributed by atoms with Crippen molar-refractivity contribution in [1.29, 1.82) is 0 Å². The van der Waals surface area contributed by atoms with Gasteiger partial charge in [0, 0.05) is 30.4 Å². The number of carbonyl (C=O) groups is 2. The third-order valence-electron chi connectivity index (χ3n) is 3.78. The molecule has 0 spiro atoms. The Morgan fingerprint density at radius 1 is 1.55 bits per heavy atom. The number of hydrogen-bond donors (Lipinski definition) is 2. The number of carbonyl (C=O) groups excluding carboxylic acids is 1. The molecule has 0 bridgehead atoms. The van der Waals surface area contributed by atoms with E-state index >= 15 is 0 Å². The van der Waals surface area contributed by atoms with E-state index in [0.717, 1.165) is 17.8 Å². The van der Waals surface area contributed by atoms with Crippen LogP contribution >= 0.6 is 11.3 Å². The topological polar surface area (TPSA) is 82.5 Å². The van der Waals surface area contributed by atoms with Gasteiger partial charge in [0.25, 0.3) is 5.91 Å². The lowest BCUT2D eigenvalue weighted by Gasteiger charge is -2.25. The first-order chi connectivity index (χ1) is 10.3. The molecule has 1 fully saturated rings. The number of hydrogen-bond acceptors (Lipinski definition) is 5. The zero-order chi connectivity index (χ0) is 16.3. The number of carboxylic acid groups (broad SMARTS) is 1. The van der Waals surface area contributed by atoms with E-state index in [1.807, 2.05) is 12.3 Å². The van der Waals surface area contributed by atoms with Crippen LogP contribution in [0.4, 0.5) is 0 Å². The van der Waals surface area contributed by atoms with E-state index in [1.54, 1.807) is 4.90 Å². The van der Waals surface area contributed by atoms with E-state index in [0.29, 0.717) is 24.7 Å². The Labute approximate surface area is 134 Å². The zero-order valence-corrected chi connectivity index (χ0v) is 14.1. The van der Waals surface area contributed by atoms with Gasteiger partial charge in [-0.25, -0.2) is 4.98 Å². The van der Waals surface area contributed by atoms with E-state index < -0.39 is 5.97 Å². The predicted octanol–water partition coefficient (Wildman–Crippen LogP) is 1.62. The number of rotatable bonds is 6. The highest BCUT2D eigenvalue weighted by Crippen LogP contribution is 2.23. The Kier molecular flexibility index (Phi) is 5.18. The summed E-state index contributed by atoms with van der Waals surface area (Å²) >= 11 is 1.53. The Morgan fingerprint density at radius 3 is 2.91 bits per heavy atom. The molecule has 6 nitrogen and oxygen atoms in total. The van der Waals surface area contributed by atoms with Gasteiger partial charge in [-0.2, -0.15) is 0 Å². The quantitative estimate of drug-likeness (QED) is 0.830. The number of nitrogens with one attached hydrogen (secondary N) is 1. The van der Waals surface area contributed by atoms with E-state index in [1.165, 1.54) is 11.3 Å². The summed E-state index contributed by atoms with van der Waals surface area (Å²) in [6.45, 7) is 7.25. The average molecular weight is 325 g/mol. The van der Waals surface area contributed by atoms with Gasteiger partial charge >= 0.3 is 5.97 Å². The molecule has 1 saturated heterocycles. The van der Waals surface area contributed by atoms with Crippen molar-refractivity contribution in [2.24, 2.45) is 5.92 Å². The molecule has 1 aromatic rings.